The van der Waals surface area contributed by atoms with E-state index in [-0.39, 0.29) is 11.7 Å². The average Bonchev–Trinajstić information content (AvgIpc) is 3.39. The zero-order valence-corrected chi connectivity index (χ0v) is 21.0. The van der Waals surface area contributed by atoms with E-state index in [1.165, 1.54) is 0 Å². The lowest BCUT2D eigenvalue weighted by atomic mass is 9.84. The van der Waals surface area contributed by atoms with Crippen LogP contribution in [0.3, 0.4) is 0 Å². The van der Waals surface area contributed by atoms with E-state index < -0.39 is 5.60 Å². The number of nitrogens with zero attached hydrogens (tertiary/aromatic N) is 2. The van der Waals surface area contributed by atoms with Gasteiger partial charge in [0.15, 0.2) is 0 Å². The van der Waals surface area contributed by atoms with Crippen LogP contribution in [0.5, 0.6) is 5.75 Å². The van der Waals surface area contributed by atoms with Gasteiger partial charge >= 0.3 is 0 Å². The van der Waals surface area contributed by atoms with Crippen molar-refractivity contribution in [2.45, 2.75) is 24.9 Å². The van der Waals surface area contributed by atoms with E-state index >= 15 is 0 Å². The van der Waals surface area contributed by atoms with Crippen molar-refractivity contribution in [2.75, 3.05) is 13.1 Å². The molecule has 3 N–H and O–H groups in total. The van der Waals surface area contributed by atoms with Gasteiger partial charge in [-0.25, -0.2) is 0 Å². The second-order valence-corrected chi connectivity index (χ2v) is 10.00. The Labute approximate surface area is 221 Å². The molecule has 1 saturated heterocycles. The quantitative estimate of drug-likeness (QED) is 0.289. The van der Waals surface area contributed by atoms with Crippen LogP contribution in [0, 0.1) is 0 Å². The summed E-state index contributed by atoms with van der Waals surface area (Å²) in [6.07, 6.45) is 4.89. The Morgan fingerprint density at radius 1 is 0.921 bits per heavy atom. The molecule has 3 aromatic carbocycles. The molecule has 1 aliphatic rings. The normalized spacial score (nSPS) is 15.0. The number of phenolic OH excluding ortho intramolecular Hbond substituents is 1. The van der Waals surface area contributed by atoms with Crippen molar-refractivity contribution < 1.29 is 15.0 Å². The highest BCUT2D eigenvalue weighted by molar-refractivity contribution is 5.89. The first-order valence-electron chi connectivity index (χ1n) is 12.9. The number of carbonyl (C=O) groups excluding carboxylic acids is 1. The maximum absolute atomic E-state index is 13.0. The van der Waals surface area contributed by atoms with Crippen molar-refractivity contribution in [3.05, 3.63) is 108 Å². The minimum atomic E-state index is -0.875. The lowest BCUT2D eigenvalue weighted by Crippen LogP contribution is -2.45. The molecule has 0 aliphatic carbocycles. The van der Waals surface area contributed by atoms with Crippen LogP contribution in [0.1, 0.15) is 24.0 Å². The van der Waals surface area contributed by atoms with Gasteiger partial charge in [0.2, 0.25) is 5.91 Å². The number of aromatic hydroxyl groups is 1. The number of para-hydroxylation sites is 1. The number of hydrogen-bond acceptors (Lipinski definition) is 4. The number of aliphatic hydroxyl groups is 1. The summed E-state index contributed by atoms with van der Waals surface area (Å²) in [4.78, 5) is 22.3. The third-order valence-corrected chi connectivity index (χ3v) is 7.62. The number of benzene rings is 3. The Morgan fingerprint density at radius 3 is 2.39 bits per heavy atom. The summed E-state index contributed by atoms with van der Waals surface area (Å²) >= 11 is 0. The topological polar surface area (TPSA) is 89.5 Å². The van der Waals surface area contributed by atoms with Gasteiger partial charge in [-0.3, -0.25) is 9.78 Å². The molecule has 6 rings (SSSR count). The van der Waals surface area contributed by atoms with Crippen molar-refractivity contribution in [1.82, 2.24) is 14.9 Å². The number of rotatable bonds is 5. The first-order valence-corrected chi connectivity index (χ1v) is 12.9. The van der Waals surface area contributed by atoms with Crippen molar-refractivity contribution in [1.29, 1.82) is 0 Å². The van der Waals surface area contributed by atoms with Crippen molar-refractivity contribution in [3.63, 3.8) is 0 Å². The summed E-state index contributed by atoms with van der Waals surface area (Å²) in [5.41, 5.74) is 5.03. The maximum atomic E-state index is 13.0. The fraction of sp³-hybridized carbons (Fsp3) is 0.188. The predicted molar refractivity (Wildman–Crippen MR) is 148 cm³/mol. The Kier molecular flexibility index (Phi) is 6.18. The van der Waals surface area contributed by atoms with Gasteiger partial charge < -0.3 is 20.1 Å². The van der Waals surface area contributed by atoms with Gasteiger partial charge in [-0.2, -0.15) is 0 Å². The lowest BCUT2D eigenvalue weighted by Gasteiger charge is -2.38. The van der Waals surface area contributed by atoms with E-state index in [0.29, 0.717) is 32.4 Å². The zero-order valence-electron chi connectivity index (χ0n) is 21.0. The Morgan fingerprint density at radius 2 is 1.66 bits per heavy atom. The molecule has 2 aromatic heterocycles. The molecule has 0 spiro atoms. The van der Waals surface area contributed by atoms with E-state index in [4.69, 9.17) is 0 Å². The third kappa shape index (κ3) is 4.55. The molecular formula is C32H29N3O3. The number of fused-ring (bicyclic) bond motifs is 1. The first kappa shape index (κ1) is 23.9. The molecule has 1 aliphatic heterocycles. The van der Waals surface area contributed by atoms with Crippen LogP contribution in [0.25, 0.3) is 33.3 Å². The van der Waals surface area contributed by atoms with Crippen LogP contribution in [0.2, 0.25) is 0 Å². The second kappa shape index (κ2) is 9.80. The highest BCUT2D eigenvalue weighted by Crippen LogP contribution is 2.38. The van der Waals surface area contributed by atoms with Crippen LogP contribution in [-0.2, 0) is 16.8 Å². The third-order valence-electron chi connectivity index (χ3n) is 7.62. The van der Waals surface area contributed by atoms with Gasteiger partial charge in [0, 0.05) is 35.8 Å². The molecule has 190 valence electrons. The molecule has 6 heteroatoms. The molecule has 0 bridgehead atoms. The molecule has 6 nitrogen and oxygen atoms in total. The van der Waals surface area contributed by atoms with E-state index in [0.717, 1.165) is 44.4 Å². The minimum absolute atomic E-state index is 0.0611. The van der Waals surface area contributed by atoms with E-state index in [1.807, 2.05) is 89.8 Å². The summed E-state index contributed by atoms with van der Waals surface area (Å²) < 4.78 is 0. The number of amides is 1. The van der Waals surface area contributed by atoms with Gasteiger partial charge in [0.25, 0.3) is 0 Å². The van der Waals surface area contributed by atoms with Crippen LogP contribution in [-0.4, -0.2) is 44.1 Å². The number of carbonyl (C=O) groups is 1. The molecule has 0 unspecified atom stereocenters. The fourth-order valence-electron chi connectivity index (χ4n) is 5.36. The van der Waals surface area contributed by atoms with E-state index in [9.17, 15) is 15.0 Å². The van der Waals surface area contributed by atoms with Crippen LogP contribution in [0.4, 0.5) is 0 Å². The van der Waals surface area contributed by atoms with Crippen LogP contribution in [0.15, 0.2) is 97.3 Å². The SMILES string of the molecule is O=C(Cc1ccc(-c2cccc(-c3cc4ccncc4[nH]3)c2O)cc1)N1CCC(O)(c2ccccc2)CC1. The average molecular weight is 504 g/mol. The zero-order chi connectivity index (χ0) is 26.1. The summed E-state index contributed by atoms with van der Waals surface area (Å²) in [5, 5.41) is 23.2. The van der Waals surface area contributed by atoms with Crippen molar-refractivity contribution in [3.8, 4) is 28.1 Å². The van der Waals surface area contributed by atoms with E-state index in [1.54, 1.807) is 12.4 Å². The van der Waals surface area contributed by atoms with Gasteiger partial charge in [0.1, 0.15) is 5.75 Å². The number of piperidine rings is 1. The van der Waals surface area contributed by atoms with Gasteiger partial charge in [-0.15, -0.1) is 0 Å². The van der Waals surface area contributed by atoms with Crippen molar-refractivity contribution >= 4 is 16.8 Å². The van der Waals surface area contributed by atoms with Gasteiger partial charge in [0.05, 0.1) is 29.4 Å². The number of likely N-dealkylation sites (tertiary alicyclic amines) is 1. The number of H-pyrrole nitrogens is 1. The smallest absolute Gasteiger partial charge is 0.226 e. The maximum Gasteiger partial charge on any atom is 0.226 e. The number of phenols is 1. The lowest BCUT2D eigenvalue weighted by molar-refractivity contribution is -0.135. The Bertz CT molecular complexity index is 1550. The molecule has 0 atom stereocenters. The molecule has 0 saturated carbocycles. The monoisotopic (exact) mass is 503 g/mol. The summed E-state index contributed by atoms with van der Waals surface area (Å²) in [6, 6.07) is 27.1. The summed E-state index contributed by atoms with van der Waals surface area (Å²) in [6.45, 7) is 1.07. The highest BCUT2D eigenvalue weighted by Gasteiger charge is 2.35. The second-order valence-electron chi connectivity index (χ2n) is 10.00. The molecule has 5 aromatic rings. The minimum Gasteiger partial charge on any atom is -0.507 e. The Hall–Kier alpha value is -4.42. The Balaban J connectivity index is 1.14. The predicted octanol–water partition coefficient (Wildman–Crippen LogP) is 5.66. The highest BCUT2D eigenvalue weighted by atomic mass is 16.3. The first-order chi connectivity index (χ1) is 18.5. The van der Waals surface area contributed by atoms with Crippen LogP contribution >= 0.6 is 0 Å². The number of hydrogen-bond donors (Lipinski definition) is 3. The summed E-state index contributed by atoms with van der Waals surface area (Å²) in [5.74, 6) is 0.265. The number of aromatic amines is 1. The molecule has 1 fully saturated rings. The number of nitrogens with one attached hydrogen (secondary N) is 1. The largest absolute Gasteiger partial charge is 0.507 e. The number of aromatic nitrogens is 2. The van der Waals surface area contributed by atoms with Gasteiger partial charge in [-0.05, 0) is 47.7 Å². The standard InChI is InChI=1S/C32H29N3O3/c36-30(35-17-14-32(38,15-18-35)25-5-2-1-3-6-25)19-22-9-11-23(12-10-22)26-7-4-8-27(31(26)37)28-20-24-13-16-33-21-29(24)34-28/h1-13,16,20-21,34,37-38H,14-15,17-19H2. The fourth-order valence-corrected chi connectivity index (χ4v) is 5.36. The molecule has 38 heavy (non-hydrogen) atoms. The molecule has 0 radical (unpaired) electrons. The molecular weight excluding hydrogens is 474 g/mol. The number of pyridine rings is 1. The van der Waals surface area contributed by atoms with Crippen molar-refractivity contribution in [2.24, 2.45) is 0 Å². The van der Waals surface area contributed by atoms with Gasteiger partial charge in [-0.1, -0.05) is 66.7 Å². The van der Waals surface area contributed by atoms with Crippen LogP contribution < -0.4 is 0 Å². The molecule has 1 amide bonds. The summed E-state index contributed by atoms with van der Waals surface area (Å²) in [7, 11) is 0. The molecule has 3 heterocycles. The van der Waals surface area contributed by atoms with E-state index in [2.05, 4.69) is 9.97 Å².